The van der Waals surface area contributed by atoms with Crippen LogP contribution in [0.3, 0.4) is 0 Å². The second-order valence-corrected chi connectivity index (χ2v) is 11.8. The molecule has 2 amide bonds. The number of carbonyl (C=O) groups excluding carboxylic acids is 1. The number of amides is 2. The van der Waals surface area contributed by atoms with Crippen LogP contribution in [0.5, 0.6) is 5.75 Å². The van der Waals surface area contributed by atoms with E-state index in [0.29, 0.717) is 33.7 Å². The summed E-state index contributed by atoms with van der Waals surface area (Å²) in [4.78, 5) is 23.6. The van der Waals surface area contributed by atoms with Crippen LogP contribution in [0, 0.1) is 18.3 Å². The van der Waals surface area contributed by atoms with Crippen LogP contribution < -0.4 is 15.0 Å². The third-order valence-corrected chi connectivity index (χ3v) is 8.09. The Morgan fingerprint density at radius 3 is 2.54 bits per heavy atom. The van der Waals surface area contributed by atoms with E-state index in [1.165, 1.54) is 58.8 Å². The Balaban J connectivity index is 1.27. The Hall–Kier alpha value is -5.09. The minimum atomic E-state index is -4.77. The first-order valence-corrected chi connectivity index (χ1v) is 15.4. The molecule has 3 aromatic carbocycles. The Labute approximate surface area is 268 Å². The van der Waals surface area contributed by atoms with Gasteiger partial charge in [-0.15, -0.1) is 18.3 Å². The van der Waals surface area contributed by atoms with Crippen LogP contribution in [-0.2, 0) is 0 Å². The van der Waals surface area contributed by atoms with Crippen molar-refractivity contribution in [3.63, 3.8) is 0 Å². The van der Waals surface area contributed by atoms with Crippen molar-refractivity contribution in [2.24, 2.45) is 4.99 Å². The molecule has 1 N–H and O–H groups in total. The summed E-state index contributed by atoms with van der Waals surface area (Å²) in [5.41, 5.74) is 5.31. The molecular weight excluding hydrogens is 615 g/mol. The molecule has 236 valence electrons. The number of ether oxygens (including phenoxy) is 1. The number of halogens is 3. The van der Waals surface area contributed by atoms with Crippen LogP contribution in [0.1, 0.15) is 42.9 Å². The lowest BCUT2D eigenvalue weighted by Crippen LogP contribution is -2.36. The highest BCUT2D eigenvalue weighted by Gasteiger charge is 2.31. The van der Waals surface area contributed by atoms with Gasteiger partial charge in [0.2, 0.25) is 0 Å². The standard InChI is InChI=1S/C33H30F3N7O2S/c1-21(2)28-14-5-22(3)17-29(28)42-15-4-16-46-32(42)40-31(44)38-19-25(18-37)23-6-8-24(9-7-23)30-39-20-43(41-30)26-10-12-27(13-11-26)45-33(34,35)36/h5-14,17,19-21H,4,15-16H2,1-3H3,(H,38,44)/b25-19+,40-32-. The number of nitrogens with one attached hydrogen (secondary N) is 1. The summed E-state index contributed by atoms with van der Waals surface area (Å²) in [7, 11) is 0. The number of urea groups is 1. The summed E-state index contributed by atoms with van der Waals surface area (Å²) in [5, 5.41) is 17.4. The number of benzene rings is 3. The van der Waals surface area contributed by atoms with Crippen LogP contribution in [0.4, 0.5) is 23.7 Å². The number of carbonyl (C=O) groups is 1. The van der Waals surface area contributed by atoms with Gasteiger partial charge in [0.25, 0.3) is 0 Å². The molecule has 0 atom stereocenters. The van der Waals surface area contributed by atoms with Crippen LogP contribution in [0.15, 0.2) is 84.2 Å². The van der Waals surface area contributed by atoms with Crippen molar-refractivity contribution in [3.05, 3.63) is 95.9 Å². The number of nitriles is 1. The number of hydrogen-bond donors (Lipinski definition) is 1. The lowest BCUT2D eigenvalue weighted by molar-refractivity contribution is -0.274. The number of allylic oxidation sites excluding steroid dienone is 1. The fourth-order valence-corrected chi connectivity index (χ4v) is 5.75. The highest BCUT2D eigenvalue weighted by atomic mass is 32.2. The van der Waals surface area contributed by atoms with Gasteiger partial charge in [-0.2, -0.15) is 10.3 Å². The fourth-order valence-electron chi connectivity index (χ4n) is 4.80. The van der Waals surface area contributed by atoms with Crippen molar-refractivity contribution in [2.75, 3.05) is 17.2 Å². The van der Waals surface area contributed by atoms with E-state index in [1.54, 1.807) is 24.3 Å². The average molecular weight is 646 g/mol. The van der Waals surface area contributed by atoms with Crippen LogP contribution in [0.2, 0.25) is 0 Å². The fraction of sp³-hybridized carbons (Fsp3) is 0.242. The van der Waals surface area contributed by atoms with E-state index in [-0.39, 0.29) is 11.3 Å². The van der Waals surface area contributed by atoms with Crippen molar-refractivity contribution in [2.45, 2.75) is 39.5 Å². The SMILES string of the molecule is Cc1ccc(C(C)C)c(N2CCCS/C2=N\C(=O)N/C=C(\C#N)c2ccc(-c3ncn(-c4ccc(OC(F)(F)F)cc4)n3)cc2)c1. The van der Waals surface area contributed by atoms with Gasteiger partial charge in [-0.1, -0.05) is 62.0 Å². The highest BCUT2D eigenvalue weighted by Crippen LogP contribution is 2.33. The molecule has 0 bridgehead atoms. The second-order valence-electron chi connectivity index (χ2n) is 10.7. The molecule has 0 unspecified atom stereocenters. The van der Waals surface area contributed by atoms with E-state index in [4.69, 9.17) is 0 Å². The smallest absolute Gasteiger partial charge is 0.406 e. The summed E-state index contributed by atoms with van der Waals surface area (Å²) in [6.45, 7) is 7.08. The quantitative estimate of drug-likeness (QED) is 0.204. The number of rotatable bonds is 7. The maximum atomic E-state index is 12.9. The van der Waals surface area contributed by atoms with Crippen LogP contribution >= 0.6 is 11.8 Å². The molecule has 1 saturated heterocycles. The number of hydrogen-bond acceptors (Lipinski definition) is 6. The van der Waals surface area contributed by atoms with Gasteiger partial charge in [0, 0.05) is 29.7 Å². The Bertz CT molecular complexity index is 1810. The second kappa shape index (κ2) is 13.9. The van der Waals surface area contributed by atoms with Gasteiger partial charge in [0.15, 0.2) is 11.0 Å². The minimum Gasteiger partial charge on any atom is -0.406 e. The van der Waals surface area contributed by atoms with Crippen LogP contribution in [0.25, 0.3) is 22.6 Å². The maximum absolute atomic E-state index is 12.9. The zero-order chi connectivity index (χ0) is 32.8. The summed E-state index contributed by atoms with van der Waals surface area (Å²) < 4.78 is 42.6. The summed E-state index contributed by atoms with van der Waals surface area (Å²) in [6.07, 6.45) is -1.03. The predicted octanol–water partition coefficient (Wildman–Crippen LogP) is 7.84. The van der Waals surface area contributed by atoms with Gasteiger partial charge < -0.3 is 15.0 Å². The molecule has 0 aliphatic carbocycles. The van der Waals surface area contributed by atoms with Gasteiger partial charge in [-0.25, -0.2) is 14.5 Å². The monoisotopic (exact) mass is 645 g/mol. The van der Waals surface area contributed by atoms with Crippen molar-refractivity contribution in [1.82, 2.24) is 20.1 Å². The molecule has 1 aliphatic heterocycles. The number of amidine groups is 1. The molecule has 9 nitrogen and oxygen atoms in total. The number of aryl methyl sites for hydroxylation is 1. The normalized spacial score (nSPS) is 14.8. The van der Waals surface area contributed by atoms with Crippen molar-refractivity contribution in [1.29, 1.82) is 5.26 Å². The zero-order valence-electron chi connectivity index (χ0n) is 25.2. The molecule has 0 saturated carbocycles. The number of alkyl halides is 3. The molecule has 1 aromatic heterocycles. The lowest BCUT2D eigenvalue weighted by atomic mass is 9.98. The van der Waals surface area contributed by atoms with Gasteiger partial charge >= 0.3 is 12.4 Å². The Morgan fingerprint density at radius 1 is 1.13 bits per heavy atom. The lowest BCUT2D eigenvalue weighted by Gasteiger charge is -2.32. The largest absolute Gasteiger partial charge is 0.573 e. The Kier molecular flexibility index (Phi) is 9.77. The molecule has 0 radical (unpaired) electrons. The summed E-state index contributed by atoms with van der Waals surface area (Å²) >= 11 is 1.53. The van der Waals surface area contributed by atoms with Crippen LogP contribution in [-0.4, -0.2) is 44.6 Å². The average Bonchev–Trinajstić information content (AvgIpc) is 3.52. The zero-order valence-corrected chi connectivity index (χ0v) is 26.1. The van der Waals surface area contributed by atoms with Gasteiger partial charge in [-0.05, 0) is 66.3 Å². The third kappa shape index (κ3) is 7.94. The molecule has 46 heavy (non-hydrogen) atoms. The van der Waals surface area contributed by atoms with E-state index in [2.05, 4.69) is 68.1 Å². The van der Waals surface area contributed by atoms with E-state index < -0.39 is 12.4 Å². The van der Waals surface area contributed by atoms with Crippen molar-refractivity contribution < 1.29 is 22.7 Å². The van der Waals surface area contributed by atoms with Gasteiger partial charge in [-0.3, -0.25) is 0 Å². The number of anilines is 1. The first-order chi connectivity index (χ1) is 22.0. The summed E-state index contributed by atoms with van der Waals surface area (Å²) in [6, 6.07) is 20.0. The number of aromatic nitrogens is 3. The van der Waals surface area contributed by atoms with E-state index in [0.717, 1.165) is 30.0 Å². The first-order valence-electron chi connectivity index (χ1n) is 14.4. The number of thioether (sulfide) groups is 1. The topological polar surface area (TPSA) is 108 Å². The van der Waals surface area contributed by atoms with Crippen molar-refractivity contribution >= 4 is 34.2 Å². The third-order valence-electron chi connectivity index (χ3n) is 7.03. The minimum absolute atomic E-state index is 0.230. The maximum Gasteiger partial charge on any atom is 0.573 e. The van der Waals surface area contributed by atoms with Crippen molar-refractivity contribution in [3.8, 4) is 28.9 Å². The molecule has 4 aromatic rings. The van der Waals surface area contributed by atoms with E-state index in [1.807, 2.05) is 6.92 Å². The molecule has 2 heterocycles. The molecule has 0 spiro atoms. The molecule has 1 aliphatic rings. The predicted molar refractivity (Wildman–Crippen MR) is 173 cm³/mol. The molecule has 5 rings (SSSR count). The Morgan fingerprint density at radius 2 is 1.87 bits per heavy atom. The first kappa shape index (κ1) is 32.3. The number of nitrogens with zero attached hydrogens (tertiary/aromatic N) is 6. The van der Waals surface area contributed by atoms with Gasteiger partial charge in [0.1, 0.15) is 18.1 Å². The van der Waals surface area contributed by atoms with E-state index >= 15 is 0 Å². The van der Waals surface area contributed by atoms with E-state index in [9.17, 15) is 23.2 Å². The molecule has 1 fully saturated rings. The van der Waals surface area contributed by atoms with Gasteiger partial charge in [0.05, 0.1) is 11.3 Å². The molecule has 13 heteroatoms. The summed E-state index contributed by atoms with van der Waals surface area (Å²) in [5.74, 6) is 1.19. The highest BCUT2D eigenvalue weighted by molar-refractivity contribution is 8.14. The molecular formula is C33H30F3N7O2S. The number of aliphatic imine (C=N–C) groups is 1.